The van der Waals surface area contributed by atoms with E-state index in [1.807, 2.05) is 42.5 Å². The molecule has 6 rings (SSSR count). The molecule has 3 heterocycles. The van der Waals surface area contributed by atoms with E-state index in [0.717, 1.165) is 66.0 Å². The molecule has 1 amide bonds. The van der Waals surface area contributed by atoms with Crippen LogP contribution in [0.25, 0.3) is 28.1 Å². The van der Waals surface area contributed by atoms with E-state index in [-0.39, 0.29) is 11.5 Å². The second kappa shape index (κ2) is 13.8. The van der Waals surface area contributed by atoms with Crippen LogP contribution in [-0.2, 0) is 16.0 Å². The third kappa shape index (κ3) is 7.18. The summed E-state index contributed by atoms with van der Waals surface area (Å²) in [4.78, 5) is 33.6. The summed E-state index contributed by atoms with van der Waals surface area (Å²) < 4.78 is 12.2. The molecule has 3 aromatic carbocycles. The van der Waals surface area contributed by atoms with E-state index < -0.39 is 5.97 Å². The van der Waals surface area contributed by atoms with Gasteiger partial charge in [-0.25, -0.2) is 4.79 Å². The number of carbonyl (C=O) groups is 2. The average Bonchev–Trinajstić information content (AvgIpc) is 3.32. The molecule has 0 bridgehead atoms. The van der Waals surface area contributed by atoms with Crippen molar-refractivity contribution in [3.8, 4) is 16.9 Å². The molecular formula is C34H32N4O5S2. The number of nitrogens with two attached hydrogens (primary N) is 1. The fraction of sp³-hybridized carbons (Fsp3) is 0.235. The molecule has 0 atom stereocenters. The van der Waals surface area contributed by atoms with Crippen LogP contribution in [0.2, 0.25) is 0 Å². The highest BCUT2D eigenvalue weighted by Crippen LogP contribution is 2.36. The molecule has 45 heavy (non-hydrogen) atoms. The van der Waals surface area contributed by atoms with E-state index in [4.69, 9.17) is 32.5 Å². The lowest BCUT2D eigenvalue weighted by Gasteiger charge is -2.26. The number of hydrogen-bond donors (Lipinski definition) is 2. The maximum Gasteiger partial charge on any atom is 0.335 e. The van der Waals surface area contributed by atoms with Gasteiger partial charge in [0.2, 0.25) is 0 Å². The number of thioether (sulfide) groups is 1. The monoisotopic (exact) mass is 640 g/mol. The number of carboxylic acid groups (broad SMARTS) is 1. The summed E-state index contributed by atoms with van der Waals surface area (Å²) in [6.07, 6.45) is 4.10. The van der Waals surface area contributed by atoms with Crippen molar-refractivity contribution in [2.45, 2.75) is 6.42 Å². The van der Waals surface area contributed by atoms with Crippen molar-refractivity contribution in [1.82, 2.24) is 14.8 Å². The second-order valence-corrected chi connectivity index (χ2v) is 12.4. The maximum absolute atomic E-state index is 13.5. The Hall–Kier alpha value is -4.29. The lowest BCUT2D eigenvalue weighted by atomic mass is 10.00. The number of nitrogens with zero attached hydrogens (tertiary/aromatic N) is 3. The Morgan fingerprint density at radius 3 is 2.58 bits per heavy atom. The normalized spacial score (nSPS) is 16.5. The van der Waals surface area contributed by atoms with Gasteiger partial charge in [0.15, 0.2) is 0 Å². The number of aromatic carboxylic acids is 1. The summed E-state index contributed by atoms with van der Waals surface area (Å²) in [5, 5.41) is 10.0. The van der Waals surface area contributed by atoms with Crippen LogP contribution in [0.4, 0.5) is 5.69 Å². The topological polar surface area (TPSA) is 118 Å². The van der Waals surface area contributed by atoms with E-state index in [2.05, 4.69) is 9.88 Å². The Balaban J connectivity index is 1.25. The van der Waals surface area contributed by atoms with Crippen molar-refractivity contribution in [3.63, 3.8) is 0 Å². The standard InChI is InChI=1S/C34H32N4O5S2/c35-28-9-11-36-29-7-5-25(20-27(28)29)24-6-8-30(43-18-15-37-13-16-42-17-14-37)26(19-24)21-31-32(39)38(34(44)45-31)12-10-22-1-3-23(4-2-22)33(40)41/h1-9,11,19-21H,10,12-18H2,(H2,35,36)(H,40,41)/b31-21-. The van der Waals surface area contributed by atoms with Crippen LogP contribution in [-0.4, -0.2) is 82.1 Å². The lowest BCUT2D eigenvalue weighted by Crippen LogP contribution is -2.38. The molecule has 0 radical (unpaired) electrons. The van der Waals surface area contributed by atoms with Gasteiger partial charge in [0.25, 0.3) is 5.91 Å². The predicted molar refractivity (Wildman–Crippen MR) is 181 cm³/mol. The zero-order valence-electron chi connectivity index (χ0n) is 24.5. The molecule has 2 saturated heterocycles. The summed E-state index contributed by atoms with van der Waals surface area (Å²) in [5.74, 6) is -0.460. The predicted octanol–water partition coefficient (Wildman–Crippen LogP) is 5.34. The Morgan fingerprint density at radius 2 is 1.80 bits per heavy atom. The molecule has 9 nitrogen and oxygen atoms in total. The van der Waals surface area contributed by atoms with E-state index in [1.54, 1.807) is 41.4 Å². The number of pyridine rings is 1. The van der Waals surface area contributed by atoms with Gasteiger partial charge in [-0.15, -0.1) is 0 Å². The number of hydrogen-bond acceptors (Lipinski definition) is 9. The highest BCUT2D eigenvalue weighted by atomic mass is 32.2. The first kappa shape index (κ1) is 30.7. The van der Waals surface area contributed by atoms with Crippen molar-refractivity contribution in [3.05, 3.63) is 94.5 Å². The van der Waals surface area contributed by atoms with Crippen LogP contribution >= 0.6 is 24.0 Å². The first-order chi connectivity index (χ1) is 21.9. The first-order valence-corrected chi connectivity index (χ1v) is 15.9. The Bertz CT molecular complexity index is 1790. The van der Waals surface area contributed by atoms with Gasteiger partial charge in [0.05, 0.1) is 29.2 Å². The first-order valence-electron chi connectivity index (χ1n) is 14.6. The smallest absolute Gasteiger partial charge is 0.335 e. The SMILES string of the molecule is Nc1ccnc2ccc(-c3ccc(OCCN4CCOCC4)c(/C=C4\SC(=S)N(CCc5ccc(C(=O)O)cc5)C4=O)c3)cc12. The molecule has 2 fully saturated rings. The van der Waals surface area contributed by atoms with Crippen molar-refractivity contribution in [2.75, 3.05) is 51.7 Å². The highest BCUT2D eigenvalue weighted by molar-refractivity contribution is 8.26. The number of ether oxygens (including phenoxy) is 2. The highest BCUT2D eigenvalue weighted by Gasteiger charge is 2.32. The van der Waals surface area contributed by atoms with Gasteiger partial charge in [-0.05, 0) is 71.7 Å². The van der Waals surface area contributed by atoms with Crippen LogP contribution in [0.3, 0.4) is 0 Å². The van der Waals surface area contributed by atoms with Crippen molar-refractivity contribution < 1.29 is 24.2 Å². The van der Waals surface area contributed by atoms with E-state index in [9.17, 15) is 9.59 Å². The van der Waals surface area contributed by atoms with Crippen LogP contribution in [0.15, 0.2) is 77.8 Å². The third-order valence-corrected chi connectivity index (χ3v) is 9.25. The molecule has 0 saturated carbocycles. The molecule has 2 aliphatic rings. The number of nitrogen functional groups attached to an aromatic ring is 1. The molecule has 11 heteroatoms. The molecule has 0 aliphatic carbocycles. The zero-order chi connectivity index (χ0) is 31.3. The largest absolute Gasteiger partial charge is 0.492 e. The van der Waals surface area contributed by atoms with Gasteiger partial charge in [-0.1, -0.05) is 48.2 Å². The van der Waals surface area contributed by atoms with Crippen LogP contribution < -0.4 is 10.5 Å². The van der Waals surface area contributed by atoms with Gasteiger partial charge in [-0.2, -0.15) is 0 Å². The van der Waals surface area contributed by atoms with Gasteiger partial charge in [-0.3, -0.25) is 19.6 Å². The number of benzene rings is 3. The van der Waals surface area contributed by atoms with E-state index in [1.165, 1.54) is 11.8 Å². The molecule has 3 N–H and O–H groups in total. The molecule has 0 spiro atoms. The molecule has 230 valence electrons. The number of anilines is 1. The maximum atomic E-state index is 13.5. The van der Waals surface area contributed by atoms with Crippen LogP contribution in [0.5, 0.6) is 5.75 Å². The van der Waals surface area contributed by atoms with Crippen molar-refractivity contribution >= 4 is 62.8 Å². The Kier molecular flexibility index (Phi) is 9.41. The number of carboxylic acids is 1. The van der Waals surface area contributed by atoms with Crippen molar-refractivity contribution in [1.29, 1.82) is 0 Å². The minimum atomic E-state index is -0.973. The molecule has 4 aromatic rings. The zero-order valence-corrected chi connectivity index (χ0v) is 26.1. The fourth-order valence-electron chi connectivity index (χ4n) is 5.32. The number of fused-ring (bicyclic) bond motifs is 1. The number of carbonyl (C=O) groups excluding carboxylic acids is 1. The molecule has 1 aromatic heterocycles. The summed E-state index contributed by atoms with van der Waals surface area (Å²) in [6, 6.07) is 20.4. The van der Waals surface area contributed by atoms with Gasteiger partial charge < -0.3 is 20.3 Å². The Morgan fingerprint density at radius 1 is 1.04 bits per heavy atom. The minimum Gasteiger partial charge on any atom is -0.492 e. The van der Waals surface area contributed by atoms with E-state index >= 15 is 0 Å². The van der Waals surface area contributed by atoms with Gasteiger partial charge in [0.1, 0.15) is 16.7 Å². The van der Waals surface area contributed by atoms with Gasteiger partial charge >= 0.3 is 5.97 Å². The summed E-state index contributed by atoms with van der Waals surface area (Å²) in [6.45, 7) is 4.87. The summed E-state index contributed by atoms with van der Waals surface area (Å²) in [5.41, 5.74) is 11.6. The Labute approximate surface area is 270 Å². The lowest BCUT2D eigenvalue weighted by molar-refractivity contribution is -0.122. The quantitative estimate of drug-likeness (QED) is 0.174. The third-order valence-electron chi connectivity index (χ3n) is 7.87. The van der Waals surface area contributed by atoms with Crippen molar-refractivity contribution in [2.24, 2.45) is 0 Å². The number of thiocarbonyl (C=S) groups is 1. The summed E-state index contributed by atoms with van der Waals surface area (Å²) in [7, 11) is 0. The molecule has 2 aliphatic heterocycles. The average molecular weight is 641 g/mol. The fourth-order valence-corrected chi connectivity index (χ4v) is 6.62. The van der Waals surface area contributed by atoms with E-state index in [0.29, 0.717) is 40.2 Å². The number of rotatable bonds is 10. The summed E-state index contributed by atoms with van der Waals surface area (Å²) >= 11 is 6.87. The second-order valence-electron chi connectivity index (χ2n) is 10.8. The van der Waals surface area contributed by atoms with Crippen LogP contribution in [0.1, 0.15) is 21.5 Å². The molecular weight excluding hydrogens is 609 g/mol. The van der Waals surface area contributed by atoms with Crippen LogP contribution in [0, 0.1) is 0 Å². The minimum absolute atomic E-state index is 0.165. The molecule has 0 unspecified atom stereocenters. The number of morpholine rings is 1. The number of amides is 1. The number of aromatic nitrogens is 1. The van der Waals surface area contributed by atoms with Gasteiger partial charge in [0, 0.05) is 49.0 Å².